The highest BCUT2D eigenvalue weighted by Gasteiger charge is 2.31. The zero-order valence-electron chi connectivity index (χ0n) is 12.8. The molecule has 2 aliphatic rings. The average Bonchev–Trinajstić information content (AvgIpc) is 3.14. The van der Waals surface area contributed by atoms with Crippen molar-refractivity contribution in [3.8, 4) is 0 Å². The van der Waals surface area contributed by atoms with Crippen LogP contribution in [0.2, 0.25) is 0 Å². The van der Waals surface area contributed by atoms with Gasteiger partial charge in [-0.15, -0.1) is 0 Å². The Hall–Kier alpha value is -1.35. The summed E-state index contributed by atoms with van der Waals surface area (Å²) in [5, 5.41) is 0. The first-order valence-electron chi connectivity index (χ1n) is 8.39. The van der Waals surface area contributed by atoms with E-state index in [-0.39, 0.29) is 0 Å². The number of hydrogen-bond acceptors (Lipinski definition) is 2. The second-order valence-corrected chi connectivity index (χ2v) is 6.53. The Labute approximate surface area is 127 Å². The normalized spacial score (nSPS) is 21.8. The van der Waals surface area contributed by atoms with E-state index >= 15 is 0 Å². The lowest BCUT2D eigenvalue weighted by Crippen LogP contribution is -2.30. The van der Waals surface area contributed by atoms with Crippen molar-refractivity contribution in [3.63, 3.8) is 0 Å². The van der Waals surface area contributed by atoms with Crippen molar-refractivity contribution in [2.24, 2.45) is 11.7 Å². The lowest BCUT2D eigenvalue weighted by Gasteiger charge is -2.19. The highest BCUT2D eigenvalue weighted by atomic mass is 16.2. The van der Waals surface area contributed by atoms with Crippen LogP contribution in [0.25, 0.3) is 0 Å². The van der Waals surface area contributed by atoms with Gasteiger partial charge in [0.05, 0.1) is 0 Å². The molecular formula is C18H26N2O. The summed E-state index contributed by atoms with van der Waals surface area (Å²) in [6, 6.07) is 8.33. The fourth-order valence-electron chi connectivity index (χ4n) is 3.94. The van der Waals surface area contributed by atoms with E-state index in [2.05, 4.69) is 18.2 Å². The number of carbonyl (C=O) groups is 1. The second-order valence-electron chi connectivity index (χ2n) is 6.53. The number of benzene rings is 1. The Morgan fingerprint density at radius 1 is 1.19 bits per heavy atom. The average molecular weight is 286 g/mol. The quantitative estimate of drug-likeness (QED) is 0.901. The highest BCUT2D eigenvalue weighted by molar-refractivity contribution is 5.95. The summed E-state index contributed by atoms with van der Waals surface area (Å²) in [5.41, 5.74) is 8.15. The SMILES string of the molecule is NCCC1CN(C(=O)CCC2CCCC2)c2ccccc21. The van der Waals surface area contributed by atoms with Gasteiger partial charge in [0, 0.05) is 24.6 Å². The van der Waals surface area contributed by atoms with Crippen molar-refractivity contribution in [1.82, 2.24) is 0 Å². The van der Waals surface area contributed by atoms with Crippen molar-refractivity contribution in [1.29, 1.82) is 0 Å². The van der Waals surface area contributed by atoms with Crippen LogP contribution in [0.15, 0.2) is 24.3 Å². The van der Waals surface area contributed by atoms with Gasteiger partial charge in [0.1, 0.15) is 0 Å². The molecule has 0 aromatic heterocycles. The Morgan fingerprint density at radius 2 is 1.95 bits per heavy atom. The van der Waals surface area contributed by atoms with Gasteiger partial charge in [0.2, 0.25) is 5.91 Å². The molecular weight excluding hydrogens is 260 g/mol. The topological polar surface area (TPSA) is 46.3 Å². The van der Waals surface area contributed by atoms with E-state index < -0.39 is 0 Å². The molecule has 1 atom stereocenters. The molecule has 1 fully saturated rings. The van der Waals surface area contributed by atoms with Crippen LogP contribution in [0, 0.1) is 5.92 Å². The number of anilines is 1. The van der Waals surface area contributed by atoms with Gasteiger partial charge in [-0.05, 0) is 36.9 Å². The predicted molar refractivity (Wildman–Crippen MR) is 86.4 cm³/mol. The van der Waals surface area contributed by atoms with Gasteiger partial charge in [0.15, 0.2) is 0 Å². The zero-order valence-corrected chi connectivity index (χ0v) is 12.8. The molecule has 0 spiro atoms. The van der Waals surface area contributed by atoms with E-state index in [0.29, 0.717) is 24.8 Å². The number of fused-ring (bicyclic) bond motifs is 1. The zero-order chi connectivity index (χ0) is 14.7. The molecule has 0 saturated heterocycles. The molecule has 1 aromatic carbocycles. The van der Waals surface area contributed by atoms with E-state index in [0.717, 1.165) is 31.0 Å². The molecule has 3 nitrogen and oxygen atoms in total. The Kier molecular flexibility index (Phi) is 4.59. The third-order valence-electron chi connectivity index (χ3n) is 5.13. The van der Waals surface area contributed by atoms with E-state index in [4.69, 9.17) is 5.73 Å². The number of carbonyl (C=O) groups excluding carboxylic acids is 1. The monoisotopic (exact) mass is 286 g/mol. The molecule has 1 aromatic rings. The maximum atomic E-state index is 12.6. The van der Waals surface area contributed by atoms with Gasteiger partial charge >= 0.3 is 0 Å². The fourth-order valence-corrected chi connectivity index (χ4v) is 3.94. The van der Waals surface area contributed by atoms with Crippen LogP contribution in [-0.4, -0.2) is 19.0 Å². The fraction of sp³-hybridized carbons (Fsp3) is 0.611. The largest absolute Gasteiger partial charge is 0.330 e. The number of rotatable bonds is 5. The summed E-state index contributed by atoms with van der Waals surface area (Å²) in [5.74, 6) is 1.50. The summed E-state index contributed by atoms with van der Waals surface area (Å²) in [7, 11) is 0. The third kappa shape index (κ3) is 3.13. The van der Waals surface area contributed by atoms with Crippen LogP contribution in [0.4, 0.5) is 5.69 Å². The molecule has 3 rings (SSSR count). The lowest BCUT2D eigenvalue weighted by molar-refractivity contribution is -0.118. The second kappa shape index (κ2) is 6.61. The smallest absolute Gasteiger partial charge is 0.227 e. The van der Waals surface area contributed by atoms with E-state index in [1.165, 1.54) is 31.2 Å². The first kappa shape index (κ1) is 14.6. The maximum Gasteiger partial charge on any atom is 0.227 e. The molecule has 21 heavy (non-hydrogen) atoms. The molecule has 1 saturated carbocycles. The van der Waals surface area contributed by atoms with Crippen molar-refractivity contribution in [2.45, 2.75) is 50.9 Å². The molecule has 2 N–H and O–H groups in total. The van der Waals surface area contributed by atoms with Crippen molar-refractivity contribution < 1.29 is 4.79 Å². The highest BCUT2D eigenvalue weighted by Crippen LogP contribution is 2.38. The summed E-state index contributed by atoms with van der Waals surface area (Å²) in [6.45, 7) is 1.50. The van der Waals surface area contributed by atoms with Crippen LogP contribution in [0.5, 0.6) is 0 Å². The summed E-state index contributed by atoms with van der Waals surface area (Å²) < 4.78 is 0. The molecule has 1 heterocycles. The number of hydrogen-bond donors (Lipinski definition) is 1. The minimum atomic E-state index is 0.300. The van der Waals surface area contributed by atoms with Crippen LogP contribution in [-0.2, 0) is 4.79 Å². The molecule has 1 aliphatic carbocycles. The minimum Gasteiger partial charge on any atom is -0.330 e. The maximum absolute atomic E-state index is 12.6. The molecule has 1 unspecified atom stereocenters. The van der Waals surface area contributed by atoms with Gasteiger partial charge in [-0.3, -0.25) is 4.79 Å². The van der Waals surface area contributed by atoms with Gasteiger partial charge in [0.25, 0.3) is 0 Å². The van der Waals surface area contributed by atoms with E-state index in [1.807, 2.05) is 11.0 Å². The van der Waals surface area contributed by atoms with Gasteiger partial charge in [-0.25, -0.2) is 0 Å². The van der Waals surface area contributed by atoms with Crippen molar-refractivity contribution in [3.05, 3.63) is 29.8 Å². The van der Waals surface area contributed by atoms with Crippen LogP contribution < -0.4 is 10.6 Å². The third-order valence-corrected chi connectivity index (χ3v) is 5.13. The first-order chi connectivity index (χ1) is 10.3. The van der Waals surface area contributed by atoms with Crippen molar-refractivity contribution in [2.75, 3.05) is 18.0 Å². The first-order valence-corrected chi connectivity index (χ1v) is 8.39. The minimum absolute atomic E-state index is 0.300. The summed E-state index contributed by atoms with van der Waals surface area (Å²) >= 11 is 0. The summed E-state index contributed by atoms with van der Waals surface area (Å²) in [4.78, 5) is 14.6. The number of nitrogens with two attached hydrogens (primary N) is 1. The molecule has 1 aliphatic heterocycles. The van der Waals surface area contributed by atoms with E-state index in [9.17, 15) is 4.79 Å². The summed E-state index contributed by atoms with van der Waals surface area (Å²) in [6.07, 6.45) is 8.07. The van der Waals surface area contributed by atoms with Crippen LogP contribution in [0.1, 0.15) is 56.4 Å². The Morgan fingerprint density at radius 3 is 2.71 bits per heavy atom. The molecule has 3 heteroatoms. The van der Waals surface area contributed by atoms with Crippen LogP contribution in [0.3, 0.4) is 0 Å². The standard InChI is InChI=1S/C18H26N2O/c19-12-11-15-13-20(17-8-4-3-7-16(15)17)18(21)10-9-14-5-1-2-6-14/h3-4,7-8,14-15H,1-2,5-6,9-13,19H2. The van der Waals surface area contributed by atoms with Gasteiger partial charge in [-0.1, -0.05) is 43.9 Å². The number of para-hydroxylation sites is 1. The predicted octanol–water partition coefficient (Wildman–Crippen LogP) is 3.44. The lowest BCUT2D eigenvalue weighted by atomic mass is 9.98. The molecule has 0 radical (unpaired) electrons. The number of amides is 1. The molecule has 114 valence electrons. The van der Waals surface area contributed by atoms with Crippen LogP contribution >= 0.6 is 0 Å². The Bertz CT molecular complexity index is 494. The van der Waals surface area contributed by atoms with E-state index in [1.54, 1.807) is 0 Å². The Balaban J connectivity index is 1.66. The molecule has 0 bridgehead atoms. The van der Waals surface area contributed by atoms with Gasteiger partial charge < -0.3 is 10.6 Å². The molecule has 1 amide bonds. The van der Waals surface area contributed by atoms with Gasteiger partial charge in [-0.2, -0.15) is 0 Å². The van der Waals surface area contributed by atoms with Crippen molar-refractivity contribution >= 4 is 11.6 Å². The number of nitrogens with zero attached hydrogens (tertiary/aromatic N) is 1.